The lowest BCUT2D eigenvalue weighted by Gasteiger charge is -2.27. The zero-order valence-corrected chi connectivity index (χ0v) is 15.7. The van der Waals surface area contributed by atoms with Gasteiger partial charge in [0, 0.05) is 6.42 Å². The van der Waals surface area contributed by atoms with E-state index in [9.17, 15) is 4.39 Å². The average Bonchev–Trinajstić information content (AvgIpc) is 2.52. The largest absolute Gasteiger partial charge is 0.352 e. The maximum Gasteiger partial charge on any atom is 0.147 e. The molecule has 0 heterocycles. The molecular formula is C20H39FO2. The third kappa shape index (κ3) is 11.1. The molecule has 2 atom stereocenters. The highest BCUT2D eigenvalue weighted by atomic mass is 19.1. The fourth-order valence-corrected chi connectivity index (χ4v) is 3.41. The summed E-state index contributed by atoms with van der Waals surface area (Å²) in [5.41, 5.74) is 0. The van der Waals surface area contributed by atoms with Crippen LogP contribution < -0.4 is 0 Å². The number of hydrogen-bond donors (Lipinski definition) is 0. The van der Waals surface area contributed by atoms with Crippen molar-refractivity contribution in [2.75, 3.05) is 6.79 Å². The molecule has 0 aromatic carbocycles. The molecule has 1 rings (SSSR count). The maximum absolute atomic E-state index is 13.3. The van der Waals surface area contributed by atoms with Crippen LogP contribution in [0.2, 0.25) is 0 Å². The van der Waals surface area contributed by atoms with Crippen LogP contribution in [0.3, 0.4) is 0 Å². The molecule has 0 bridgehead atoms. The molecule has 0 N–H and O–H groups in total. The molecule has 23 heavy (non-hydrogen) atoms. The van der Waals surface area contributed by atoms with Gasteiger partial charge in [-0.05, 0) is 44.9 Å². The summed E-state index contributed by atoms with van der Waals surface area (Å²) in [6.45, 7) is 6.51. The molecule has 1 aliphatic carbocycles. The van der Waals surface area contributed by atoms with E-state index < -0.39 is 6.17 Å². The van der Waals surface area contributed by atoms with Crippen molar-refractivity contribution >= 4 is 0 Å². The first-order valence-electron chi connectivity index (χ1n) is 9.99. The lowest BCUT2D eigenvalue weighted by molar-refractivity contribution is -0.132. The fraction of sp³-hybridized carbons (Fsp3) is 1.00. The molecule has 3 heteroatoms. The highest BCUT2D eigenvalue weighted by Gasteiger charge is 2.19. The van der Waals surface area contributed by atoms with Gasteiger partial charge in [-0.15, -0.1) is 0 Å². The second kappa shape index (κ2) is 13.2. The van der Waals surface area contributed by atoms with E-state index in [2.05, 4.69) is 13.8 Å². The molecule has 0 aromatic rings. The van der Waals surface area contributed by atoms with E-state index in [1.165, 1.54) is 44.9 Å². The van der Waals surface area contributed by atoms with Gasteiger partial charge >= 0.3 is 0 Å². The summed E-state index contributed by atoms with van der Waals surface area (Å²) in [6.07, 6.45) is 13.4. The Kier molecular flexibility index (Phi) is 12.0. The van der Waals surface area contributed by atoms with Crippen molar-refractivity contribution in [1.29, 1.82) is 0 Å². The normalized spacial score (nSPS) is 24.5. The predicted molar refractivity (Wildman–Crippen MR) is 95.4 cm³/mol. The number of unbranched alkanes of at least 4 members (excludes halogenated alkanes) is 5. The predicted octanol–water partition coefficient (Wildman–Crippen LogP) is 6.42. The zero-order valence-electron chi connectivity index (χ0n) is 15.7. The van der Waals surface area contributed by atoms with Crippen molar-refractivity contribution in [2.45, 2.75) is 116 Å². The topological polar surface area (TPSA) is 18.5 Å². The summed E-state index contributed by atoms with van der Waals surface area (Å²) in [5, 5.41) is 0. The van der Waals surface area contributed by atoms with Gasteiger partial charge in [-0.3, -0.25) is 0 Å². The monoisotopic (exact) mass is 330 g/mol. The molecular weight excluding hydrogens is 291 g/mol. The van der Waals surface area contributed by atoms with E-state index in [-0.39, 0.29) is 6.10 Å². The Bertz CT molecular complexity index is 262. The van der Waals surface area contributed by atoms with Gasteiger partial charge in [0.2, 0.25) is 0 Å². The Morgan fingerprint density at radius 2 is 1.65 bits per heavy atom. The van der Waals surface area contributed by atoms with Gasteiger partial charge < -0.3 is 9.47 Å². The quantitative estimate of drug-likeness (QED) is 0.286. The molecule has 0 radical (unpaired) electrons. The first-order valence-corrected chi connectivity index (χ1v) is 9.99. The van der Waals surface area contributed by atoms with Crippen molar-refractivity contribution in [1.82, 2.24) is 0 Å². The van der Waals surface area contributed by atoms with Crippen LogP contribution in [0.1, 0.15) is 97.8 Å². The van der Waals surface area contributed by atoms with Crippen molar-refractivity contribution in [3.05, 3.63) is 0 Å². The number of halogens is 1. The van der Waals surface area contributed by atoms with Crippen LogP contribution in [0.4, 0.5) is 4.39 Å². The standard InChI is InChI=1S/C20H39FO2/c1-4-5-6-7-8-9-10-20(15-18(3)21)23-16-22-19-13-11-17(2)12-14-19/h17-20H,4-16H2,1-3H3/t17?,18-,19?,20?/m1/s1. The molecule has 1 aliphatic rings. The highest BCUT2D eigenvalue weighted by molar-refractivity contribution is 4.69. The van der Waals surface area contributed by atoms with E-state index in [4.69, 9.17) is 9.47 Å². The first-order chi connectivity index (χ1) is 11.1. The second-order valence-corrected chi connectivity index (χ2v) is 7.53. The van der Waals surface area contributed by atoms with Gasteiger partial charge in [0.05, 0.1) is 18.4 Å². The van der Waals surface area contributed by atoms with E-state index in [1.807, 2.05) is 0 Å². The Morgan fingerprint density at radius 1 is 1.00 bits per heavy atom. The van der Waals surface area contributed by atoms with Crippen LogP contribution in [0, 0.1) is 5.92 Å². The molecule has 0 spiro atoms. The van der Waals surface area contributed by atoms with E-state index in [1.54, 1.807) is 6.92 Å². The molecule has 1 saturated carbocycles. The van der Waals surface area contributed by atoms with Gasteiger partial charge in [0.15, 0.2) is 0 Å². The SMILES string of the molecule is CCCCCCCCC(C[C@@H](C)F)OCOC1CCC(C)CC1. The number of hydrogen-bond acceptors (Lipinski definition) is 2. The average molecular weight is 331 g/mol. The van der Waals surface area contributed by atoms with Crippen molar-refractivity contribution in [3.63, 3.8) is 0 Å². The van der Waals surface area contributed by atoms with Crippen LogP contribution in [0.25, 0.3) is 0 Å². The number of alkyl halides is 1. The minimum Gasteiger partial charge on any atom is -0.352 e. The summed E-state index contributed by atoms with van der Waals surface area (Å²) < 4.78 is 25.0. The first kappa shape index (κ1) is 20.9. The number of ether oxygens (including phenoxy) is 2. The summed E-state index contributed by atoms with van der Waals surface area (Å²) in [6, 6.07) is 0. The van der Waals surface area contributed by atoms with Gasteiger partial charge in [0.1, 0.15) is 6.79 Å². The Hall–Kier alpha value is -0.150. The smallest absolute Gasteiger partial charge is 0.147 e. The maximum atomic E-state index is 13.3. The second-order valence-electron chi connectivity index (χ2n) is 7.53. The lowest BCUT2D eigenvalue weighted by Crippen LogP contribution is -2.24. The fourth-order valence-electron chi connectivity index (χ4n) is 3.41. The van der Waals surface area contributed by atoms with Gasteiger partial charge in [-0.2, -0.15) is 0 Å². The molecule has 1 unspecified atom stereocenters. The van der Waals surface area contributed by atoms with Gasteiger partial charge in [-0.25, -0.2) is 4.39 Å². The Balaban J connectivity index is 2.12. The summed E-state index contributed by atoms with van der Waals surface area (Å²) in [5.74, 6) is 0.837. The van der Waals surface area contributed by atoms with Crippen LogP contribution >= 0.6 is 0 Å². The Morgan fingerprint density at radius 3 is 2.30 bits per heavy atom. The Labute approximate surface area is 143 Å². The minimum atomic E-state index is -0.796. The summed E-state index contributed by atoms with van der Waals surface area (Å²) >= 11 is 0. The molecule has 0 aliphatic heterocycles. The van der Waals surface area contributed by atoms with Crippen molar-refractivity contribution in [2.24, 2.45) is 5.92 Å². The third-order valence-electron chi connectivity index (χ3n) is 5.04. The molecule has 0 amide bonds. The molecule has 138 valence electrons. The number of rotatable bonds is 13. The molecule has 2 nitrogen and oxygen atoms in total. The van der Waals surface area contributed by atoms with Crippen LogP contribution in [0.15, 0.2) is 0 Å². The van der Waals surface area contributed by atoms with Crippen LogP contribution in [0.5, 0.6) is 0 Å². The molecule has 0 saturated heterocycles. The third-order valence-corrected chi connectivity index (χ3v) is 5.04. The van der Waals surface area contributed by atoms with E-state index in [0.717, 1.165) is 31.6 Å². The zero-order chi connectivity index (χ0) is 16.9. The van der Waals surface area contributed by atoms with E-state index in [0.29, 0.717) is 19.3 Å². The van der Waals surface area contributed by atoms with E-state index >= 15 is 0 Å². The summed E-state index contributed by atoms with van der Waals surface area (Å²) in [4.78, 5) is 0. The molecule has 0 aromatic heterocycles. The van der Waals surface area contributed by atoms with Crippen LogP contribution in [-0.2, 0) is 9.47 Å². The lowest BCUT2D eigenvalue weighted by atomic mass is 9.89. The van der Waals surface area contributed by atoms with Crippen LogP contribution in [-0.4, -0.2) is 25.2 Å². The highest BCUT2D eigenvalue weighted by Crippen LogP contribution is 2.25. The van der Waals surface area contributed by atoms with Gasteiger partial charge in [0.25, 0.3) is 0 Å². The van der Waals surface area contributed by atoms with Gasteiger partial charge in [-0.1, -0.05) is 52.4 Å². The van der Waals surface area contributed by atoms with Crippen molar-refractivity contribution in [3.8, 4) is 0 Å². The molecule has 1 fully saturated rings. The summed E-state index contributed by atoms with van der Waals surface area (Å²) in [7, 11) is 0. The minimum absolute atomic E-state index is 0.0173. The van der Waals surface area contributed by atoms with Crippen molar-refractivity contribution < 1.29 is 13.9 Å².